The van der Waals surface area contributed by atoms with Gasteiger partial charge in [-0.2, -0.15) is 0 Å². The molecule has 2 aromatic rings. The van der Waals surface area contributed by atoms with Crippen molar-refractivity contribution in [3.8, 4) is 11.5 Å². The molecule has 1 N–H and O–H groups in total. The lowest BCUT2D eigenvalue weighted by Gasteiger charge is -2.15. The summed E-state index contributed by atoms with van der Waals surface area (Å²) < 4.78 is 11.4. The zero-order valence-corrected chi connectivity index (χ0v) is 12.6. The molecule has 0 saturated carbocycles. The maximum atomic E-state index is 5.97. The second kappa shape index (κ2) is 8.27. The number of hydrogen-bond donors (Lipinski definition) is 1. The van der Waals surface area contributed by atoms with Crippen molar-refractivity contribution >= 4 is 0 Å². The fourth-order valence-electron chi connectivity index (χ4n) is 2.06. The first-order valence-electron chi connectivity index (χ1n) is 7.23. The second-order valence-corrected chi connectivity index (χ2v) is 4.78. The minimum Gasteiger partial charge on any atom is -0.493 e. The van der Waals surface area contributed by atoms with E-state index in [0.717, 1.165) is 42.1 Å². The summed E-state index contributed by atoms with van der Waals surface area (Å²) >= 11 is 0. The number of methoxy groups -OCH3 is 1. The lowest BCUT2D eigenvalue weighted by atomic mass is 10.1. The monoisotopic (exact) mass is 286 g/mol. The fraction of sp³-hybridized carbons (Fsp3) is 0.353. The number of ether oxygens (including phenoxy) is 2. The van der Waals surface area contributed by atoms with Gasteiger partial charge in [0.05, 0.1) is 7.11 Å². The average Bonchev–Trinajstić information content (AvgIpc) is 2.54. The molecule has 0 atom stereocenters. The molecule has 0 saturated heterocycles. The Bertz CT molecular complexity index is 544. The van der Waals surface area contributed by atoms with E-state index < -0.39 is 0 Å². The summed E-state index contributed by atoms with van der Waals surface area (Å²) in [7, 11) is 1.66. The predicted molar refractivity (Wildman–Crippen MR) is 83.6 cm³/mol. The van der Waals surface area contributed by atoms with Gasteiger partial charge in [0.25, 0.3) is 0 Å². The molecule has 21 heavy (non-hydrogen) atoms. The molecule has 1 aromatic heterocycles. The summed E-state index contributed by atoms with van der Waals surface area (Å²) in [6.07, 6.45) is 4.67. The number of hydrogen-bond acceptors (Lipinski definition) is 4. The van der Waals surface area contributed by atoms with Crippen molar-refractivity contribution in [3.63, 3.8) is 0 Å². The fourth-order valence-corrected chi connectivity index (χ4v) is 2.06. The van der Waals surface area contributed by atoms with Crippen LogP contribution in [0.1, 0.15) is 24.5 Å². The van der Waals surface area contributed by atoms with E-state index in [-0.39, 0.29) is 0 Å². The summed E-state index contributed by atoms with van der Waals surface area (Å²) in [5.41, 5.74) is 2.14. The molecule has 2 rings (SSSR count). The van der Waals surface area contributed by atoms with Gasteiger partial charge >= 0.3 is 0 Å². The number of pyridine rings is 1. The van der Waals surface area contributed by atoms with Crippen LogP contribution in [0.15, 0.2) is 42.7 Å². The minimum atomic E-state index is 0.481. The Hall–Kier alpha value is -2.07. The number of para-hydroxylation sites is 1. The first kappa shape index (κ1) is 15.3. The zero-order chi connectivity index (χ0) is 14.9. The molecule has 1 heterocycles. The number of aromatic nitrogens is 1. The van der Waals surface area contributed by atoms with Crippen molar-refractivity contribution in [2.75, 3.05) is 13.7 Å². The van der Waals surface area contributed by atoms with E-state index in [9.17, 15) is 0 Å². The van der Waals surface area contributed by atoms with Crippen LogP contribution in [0, 0.1) is 0 Å². The molecule has 0 unspecified atom stereocenters. The molecule has 0 spiro atoms. The molecule has 4 nitrogen and oxygen atoms in total. The molecule has 0 aliphatic heterocycles. The highest BCUT2D eigenvalue weighted by atomic mass is 16.5. The van der Waals surface area contributed by atoms with Crippen molar-refractivity contribution in [1.82, 2.24) is 10.3 Å². The van der Waals surface area contributed by atoms with Crippen LogP contribution < -0.4 is 14.8 Å². The van der Waals surface area contributed by atoms with E-state index in [1.807, 2.05) is 30.5 Å². The normalized spacial score (nSPS) is 10.4. The van der Waals surface area contributed by atoms with Crippen LogP contribution in [-0.4, -0.2) is 18.6 Å². The molecule has 4 heteroatoms. The van der Waals surface area contributed by atoms with Crippen LogP contribution in [-0.2, 0) is 13.2 Å². The molecule has 112 valence electrons. The van der Waals surface area contributed by atoms with E-state index in [0.29, 0.717) is 6.61 Å². The zero-order valence-electron chi connectivity index (χ0n) is 12.6. The topological polar surface area (TPSA) is 43.4 Å². The van der Waals surface area contributed by atoms with Gasteiger partial charge in [0.2, 0.25) is 0 Å². The third-order valence-corrected chi connectivity index (χ3v) is 3.13. The Morgan fingerprint density at radius 3 is 2.81 bits per heavy atom. The Kier molecular flexibility index (Phi) is 6.03. The average molecular weight is 286 g/mol. The first-order chi connectivity index (χ1) is 10.3. The smallest absolute Gasteiger partial charge is 0.166 e. The van der Waals surface area contributed by atoms with Gasteiger partial charge in [0, 0.05) is 30.1 Å². The molecule has 0 radical (unpaired) electrons. The van der Waals surface area contributed by atoms with Gasteiger partial charge in [0.1, 0.15) is 6.61 Å². The molecular formula is C17H22N2O2. The Morgan fingerprint density at radius 1 is 1.19 bits per heavy atom. The SMILES string of the molecule is CCCNCc1cccc(OC)c1OCc1cccnc1. The van der Waals surface area contributed by atoms with E-state index in [4.69, 9.17) is 9.47 Å². The van der Waals surface area contributed by atoms with E-state index in [1.165, 1.54) is 0 Å². The first-order valence-corrected chi connectivity index (χ1v) is 7.23. The van der Waals surface area contributed by atoms with Crippen molar-refractivity contribution in [1.29, 1.82) is 0 Å². The van der Waals surface area contributed by atoms with Crippen molar-refractivity contribution in [2.24, 2.45) is 0 Å². The Labute approximate surface area is 126 Å². The number of nitrogens with zero attached hydrogens (tertiary/aromatic N) is 1. The van der Waals surface area contributed by atoms with Crippen molar-refractivity contribution < 1.29 is 9.47 Å². The maximum absolute atomic E-state index is 5.97. The van der Waals surface area contributed by atoms with Gasteiger partial charge in [-0.05, 0) is 25.1 Å². The maximum Gasteiger partial charge on any atom is 0.166 e. The van der Waals surface area contributed by atoms with E-state index >= 15 is 0 Å². The van der Waals surface area contributed by atoms with E-state index in [1.54, 1.807) is 13.3 Å². The highest BCUT2D eigenvalue weighted by molar-refractivity contribution is 5.46. The van der Waals surface area contributed by atoms with Gasteiger partial charge in [0.15, 0.2) is 11.5 Å². The Balaban J connectivity index is 2.11. The highest BCUT2D eigenvalue weighted by Crippen LogP contribution is 2.31. The molecule has 1 aromatic carbocycles. The van der Waals surface area contributed by atoms with Gasteiger partial charge in [-0.3, -0.25) is 4.98 Å². The second-order valence-electron chi connectivity index (χ2n) is 4.78. The number of rotatable bonds is 8. The summed E-state index contributed by atoms with van der Waals surface area (Å²) in [6, 6.07) is 9.87. The van der Waals surface area contributed by atoms with Gasteiger partial charge in [-0.25, -0.2) is 0 Å². The molecule has 0 amide bonds. The van der Waals surface area contributed by atoms with Crippen LogP contribution >= 0.6 is 0 Å². The highest BCUT2D eigenvalue weighted by Gasteiger charge is 2.10. The van der Waals surface area contributed by atoms with E-state index in [2.05, 4.69) is 23.3 Å². The molecule has 0 bridgehead atoms. The lowest BCUT2D eigenvalue weighted by molar-refractivity contribution is 0.280. The van der Waals surface area contributed by atoms with Gasteiger partial charge in [-0.15, -0.1) is 0 Å². The van der Waals surface area contributed by atoms with Crippen LogP contribution in [0.5, 0.6) is 11.5 Å². The van der Waals surface area contributed by atoms with Crippen molar-refractivity contribution in [3.05, 3.63) is 53.9 Å². The summed E-state index contributed by atoms with van der Waals surface area (Å²) in [4.78, 5) is 4.10. The molecule has 0 fully saturated rings. The lowest BCUT2D eigenvalue weighted by Crippen LogP contribution is -2.15. The van der Waals surface area contributed by atoms with Gasteiger partial charge in [-0.1, -0.05) is 25.1 Å². The summed E-state index contributed by atoms with van der Waals surface area (Å²) in [5, 5.41) is 3.39. The largest absolute Gasteiger partial charge is 0.493 e. The van der Waals surface area contributed by atoms with Crippen LogP contribution in [0.2, 0.25) is 0 Å². The number of nitrogens with one attached hydrogen (secondary N) is 1. The predicted octanol–water partition coefficient (Wildman–Crippen LogP) is 3.17. The summed E-state index contributed by atoms with van der Waals surface area (Å²) in [6.45, 7) is 4.39. The standard InChI is InChI=1S/C17H22N2O2/c1-3-9-18-12-15-7-4-8-16(20-2)17(15)21-13-14-6-5-10-19-11-14/h4-8,10-11,18H,3,9,12-13H2,1-2H3. The van der Waals surface area contributed by atoms with Crippen molar-refractivity contribution in [2.45, 2.75) is 26.5 Å². The molecule has 0 aliphatic rings. The quantitative estimate of drug-likeness (QED) is 0.757. The Morgan fingerprint density at radius 2 is 2.10 bits per heavy atom. The third-order valence-electron chi connectivity index (χ3n) is 3.13. The van der Waals surface area contributed by atoms with Crippen LogP contribution in [0.25, 0.3) is 0 Å². The minimum absolute atomic E-state index is 0.481. The number of benzene rings is 1. The molecular weight excluding hydrogens is 264 g/mol. The molecule has 0 aliphatic carbocycles. The van der Waals surface area contributed by atoms with Gasteiger partial charge < -0.3 is 14.8 Å². The summed E-state index contributed by atoms with van der Waals surface area (Å²) in [5.74, 6) is 1.56. The third kappa shape index (κ3) is 4.46. The van der Waals surface area contributed by atoms with Crippen LogP contribution in [0.3, 0.4) is 0 Å². The van der Waals surface area contributed by atoms with Crippen LogP contribution in [0.4, 0.5) is 0 Å².